The molecule has 2 rings (SSSR count). The molecule has 0 spiro atoms. The van der Waals surface area contributed by atoms with Crippen molar-refractivity contribution in [3.63, 3.8) is 0 Å². The zero-order chi connectivity index (χ0) is 15.6. The van der Waals surface area contributed by atoms with Gasteiger partial charge in [-0.2, -0.15) is 4.39 Å². The number of nitro groups is 1. The predicted molar refractivity (Wildman–Crippen MR) is 68.3 cm³/mol. The smallest absolute Gasteiger partial charge is 0.306 e. The molecule has 2 aromatic rings. The first kappa shape index (κ1) is 15.1. The van der Waals surface area contributed by atoms with Crippen LogP contribution in [-0.2, 0) is 16.6 Å². The van der Waals surface area contributed by atoms with E-state index in [4.69, 9.17) is 4.52 Å². The molecule has 1 aromatic carbocycles. The van der Waals surface area contributed by atoms with Gasteiger partial charge in [0.25, 0.3) is 0 Å². The molecular weight excluding hydrogens is 305 g/mol. The highest BCUT2D eigenvalue weighted by atomic mass is 32.2. The van der Waals surface area contributed by atoms with Crippen LogP contribution < -0.4 is 4.72 Å². The fourth-order valence-electron chi connectivity index (χ4n) is 1.65. The molecular formula is C11H10FN3O5S. The van der Waals surface area contributed by atoms with E-state index in [1.165, 1.54) is 19.2 Å². The van der Waals surface area contributed by atoms with Crippen molar-refractivity contribution in [1.29, 1.82) is 0 Å². The summed E-state index contributed by atoms with van der Waals surface area (Å²) in [5.41, 5.74) is -0.844. The maximum Gasteiger partial charge on any atom is 0.306 e. The topological polar surface area (TPSA) is 115 Å². The lowest BCUT2D eigenvalue weighted by atomic mass is 10.2. The van der Waals surface area contributed by atoms with Crippen molar-refractivity contribution in [3.05, 3.63) is 51.7 Å². The summed E-state index contributed by atoms with van der Waals surface area (Å²) in [7, 11) is -4.05. The first-order valence-corrected chi connectivity index (χ1v) is 7.13. The third-order valence-electron chi connectivity index (χ3n) is 2.66. The normalized spacial score (nSPS) is 11.5. The molecule has 1 aromatic heterocycles. The summed E-state index contributed by atoms with van der Waals surface area (Å²) in [5.74, 6) is -0.820. The van der Waals surface area contributed by atoms with E-state index in [9.17, 15) is 22.9 Å². The van der Waals surface area contributed by atoms with Crippen molar-refractivity contribution in [2.75, 3.05) is 0 Å². The highest BCUT2D eigenvalue weighted by Gasteiger charge is 2.24. The first-order valence-electron chi connectivity index (χ1n) is 5.65. The zero-order valence-electron chi connectivity index (χ0n) is 10.7. The van der Waals surface area contributed by atoms with Crippen molar-refractivity contribution in [3.8, 4) is 0 Å². The molecule has 21 heavy (non-hydrogen) atoms. The lowest BCUT2D eigenvalue weighted by Crippen LogP contribution is -2.24. The van der Waals surface area contributed by atoms with Crippen molar-refractivity contribution >= 4 is 15.7 Å². The maximum absolute atomic E-state index is 13.4. The van der Waals surface area contributed by atoms with Crippen LogP contribution in [0.3, 0.4) is 0 Å². The number of nitrogens with zero attached hydrogens (tertiary/aromatic N) is 2. The molecule has 0 aliphatic carbocycles. The molecule has 0 amide bonds. The van der Waals surface area contributed by atoms with Gasteiger partial charge in [0.2, 0.25) is 15.8 Å². The van der Waals surface area contributed by atoms with Crippen molar-refractivity contribution in [2.24, 2.45) is 0 Å². The first-order chi connectivity index (χ1) is 9.81. The van der Waals surface area contributed by atoms with Gasteiger partial charge < -0.3 is 4.52 Å². The monoisotopic (exact) mass is 315 g/mol. The Morgan fingerprint density at radius 1 is 1.48 bits per heavy atom. The summed E-state index contributed by atoms with van der Waals surface area (Å²) < 4.78 is 44.6. The van der Waals surface area contributed by atoms with Crippen molar-refractivity contribution in [2.45, 2.75) is 18.4 Å². The second-order valence-corrected chi connectivity index (χ2v) is 5.86. The predicted octanol–water partition coefficient (Wildman–Crippen LogP) is 1.51. The SMILES string of the molecule is Cc1cc(F)c([N+](=O)[O-])cc1S(=O)(=O)NCc1ccno1. The average Bonchev–Trinajstić information content (AvgIpc) is 2.88. The fraction of sp³-hybridized carbons (Fsp3) is 0.182. The quantitative estimate of drug-likeness (QED) is 0.660. The molecule has 0 radical (unpaired) electrons. The van der Waals surface area contributed by atoms with Crippen LogP contribution in [0.1, 0.15) is 11.3 Å². The van der Waals surface area contributed by atoms with E-state index >= 15 is 0 Å². The number of halogens is 1. The van der Waals surface area contributed by atoms with E-state index in [1.807, 2.05) is 0 Å². The average molecular weight is 315 g/mol. The number of hydrogen-bond donors (Lipinski definition) is 1. The van der Waals surface area contributed by atoms with Crippen LogP contribution >= 0.6 is 0 Å². The molecule has 0 saturated heterocycles. The molecule has 112 valence electrons. The van der Waals surface area contributed by atoms with E-state index in [-0.39, 0.29) is 22.8 Å². The van der Waals surface area contributed by atoms with Gasteiger partial charge in [-0.3, -0.25) is 10.1 Å². The molecule has 1 heterocycles. The molecule has 0 saturated carbocycles. The minimum Gasteiger partial charge on any atom is -0.360 e. The van der Waals surface area contributed by atoms with Gasteiger partial charge in [-0.05, 0) is 18.6 Å². The Bertz CT molecular complexity index is 773. The fourth-order valence-corrected chi connectivity index (χ4v) is 2.89. The van der Waals surface area contributed by atoms with Crippen LogP contribution in [0.25, 0.3) is 0 Å². The third-order valence-corrected chi connectivity index (χ3v) is 4.20. The van der Waals surface area contributed by atoms with Gasteiger partial charge in [-0.25, -0.2) is 13.1 Å². The Kier molecular flexibility index (Phi) is 4.00. The van der Waals surface area contributed by atoms with Crippen molar-refractivity contribution < 1.29 is 22.3 Å². The van der Waals surface area contributed by atoms with Gasteiger partial charge in [-0.1, -0.05) is 5.16 Å². The number of aromatic nitrogens is 1. The van der Waals surface area contributed by atoms with Crippen LogP contribution in [0.4, 0.5) is 10.1 Å². The third kappa shape index (κ3) is 3.23. The molecule has 0 bridgehead atoms. The number of hydrogen-bond acceptors (Lipinski definition) is 6. The maximum atomic E-state index is 13.4. The standard InChI is InChI=1S/C11H10FN3O5S/c1-7-4-9(12)10(15(16)17)5-11(7)21(18,19)14-6-8-2-3-13-20-8/h2-5,14H,6H2,1H3. The van der Waals surface area contributed by atoms with E-state index in [2.05, 4.69) is 9.88 Å². The molecule has 0 unspecified atom stereocenters. The van der Waals surface area contributed by atoms with Gasteiger partial charge in [0, 0.05) is 12.1 Å². The highest BCUT2D eigenvalue weighted by molar-refractivity contribution is 7.89. The molecule has 0 fully saturated rings. The Morgan fingerprint density at radius 3 is 2.76 bits per heavy atom. The Balaban J connectivity index is 2.35. The number of aryl methyl sites for hydroxylation is 1. The van der Waals surface area contributed by atoms with Gasteiger partial charge >= 0.3 is 5.69 Å². The van der Waals surface area contributed by atoms with Crippen molar-refractivity contribution in [1.82, 2.24) is 9.88 Å². The number of sulfonamides is 1. The second kappa shape index (κ2) is 5.58. The Morgan fingerprint density at radius 2 is 2.19 bits per heavy atom. The number of nitro benzene ring substituents is 1. The summed E-state index contributed by atoms with van der Waals surface area (Å²) >= 11 is 0. The summed E-state index contributed by atoms with van der Waals surface area (Å²) in [5, 5.41) is 14.1. The molecule has 1 N–H and O–H groups in total. The highest BCUT2D eigenvalue weighted by Crippen LogP contribution is 2.25. The van der Waals surface area contributed by atoms with Gasteiger partial charge in [0.1, 0.15) is 0 Å². The molecule has 10 heteroatoms. The minimum absolute atomic E-state index is 0.0585. The minimum atomic E-state index is -4.05. The van der Waals surface area contributed by atoms with Crippen LogP contribution in [0.5, 0.6) is 0 Å². The molecule has 0 aliphatic heterocycles. The molecule has 0 atom stereocenters. The summed E-state index contributed by atoms with van der Waals surface area (Å²) in [6.45, 7) is 1.17. The lowest BCUT2D eigenvalue weighted by Gasteiger charge is -2.08. The van der Waals surface area contributed by atoms with Crippen LogP contribution in [0, 0.1) is 22.9 Å². The number of nitrogens with one attached hydrogen (secondary N) is 1. The second-order valence-electron chi connectivity index (χ2n) is 4.13. The number of rotatable bonds is 5. The van der Waals surface area contributed by atoms with Gasteiger partial charge in [0.05, 0.1) is 22.6 Å². The van der Waals surface area contributed by atoms with E-state index in [0.29, 0.717) is 6.07 Å². The van der Waals surface area contributed by atoms with Gasteiger partial charge in [-0.15, -0.1) is 0 Å². The summed E-state index contributed by atoms with van der Waals surface area (Å²) in [6, 6.07) is 2.96. The molecule has 0 aliphatic rings. The van der Waals surface area contributed by atoms with E-state index < -0.39 is 26.5 Å². The van der Waals surface area contributed by atoms with Crippen LogP contribution in [0.15, 0.2) is 33.8 Å². The summed E-state index contributed by atoms with van der Waals surface area (Å²) in [4.78, 5) is 9.34. The van der Waals surface area contributed by atoms with E-state index in [1.54, 1.807) is 0 Å². The lowest BCUT2D eigenvalue weighted by molar-refractivity contribution is -0.387. The summed E-state index contributed by atoms with van der Waals surface area (Å²) in [6.07, 6.45) is 1.34. The Labute approximate surface area is 118 Å². The zero-order valence-corrected chi connectivity index (χ0v) is 11.6. The largest absolute Gasteiger partial charge is 0.360 e. The van der Waals surface area contributed by atoms with Crippen LogP contribution in [-0.4, -0.2) is 18.5 Å². The van der Waals surface area contributed by atoms with Crippen LogP contribution in [0.2, 0.25) is 0 Å². The van der Waals surface area contributed by atoms with E-state index in [0.717, 1.165) is 6.07 Å². The van der Waals surface area contributed by atoms with Gasteiger partial charge in [0.15, 0.2) is 5.76 Å². The Hall–Kier alpha value is -2.33. The number of benzene rings is 1. The molecule has 8 nitrogen and oxygen atoms in total.